The zero-order valence-corrected chi connectivity index (χ0v) is 9.51. The molecule has 0 radical (unpaired) electrons. The molecule has 4 nitrogen and oxygen atoms in total. The molecule has 0 saturated heterocycles. The summed E-state index contributed by atoms with van der Waals surface area (Å²) >= 11 is 3.28. The summed E-state index contributed by atoms with van der Waals surface area (Å²) in [6, 6.07) is 1.54. The molecule has 1 rings (SSSR count). The van der Waals surface area contributed by atoms with Crippen molar-refractivity contribution < 1.29 is 9.53 Å². The van der Waals surface area contributed by atoms with E-state index in [4.69, 9.17) is 16.2 Å². The molecule has 0 heterocycles. The minimum absolute atomic E-state index is 0.263. The van der Waals surface area contributed by atoms with E-state index in [1.807, 2.05) is 6.92 Å². The molecule has 0 aromatic heterocycles. The highest BCUT2D eigenvalue weighted by Gasteiger charge is 2.14. The van der Waals surface area contributed by atoms with Crippen LogP contribution in [0, 0.1) is 6.92 Å². The molecule has 0 fully saturated rings. The zero-order chi connectivity index (χ0) is 10.9. The molecule has 1 aromatic rings. The topological polar surface area (TPSA) is 78.3 Å². The largest absolute Gasteiger partial charge is 0.496 e. The fourth-order valence-electron chi connectivity index (χ4n) is 1.16. The molecule has 0 spiro atoms. The van der Waals surface area contributed by atoms with Crippen molar-refractivity contribution in [2.24, 2.45) is 5.73 Å². The van der Waals surface area contributed by atoms with Gasteiger partial charge < -0.3 is 16.2 Å². The molecule has 0 aliphatic heterocycles. The lowest BCUT2D eigenvalue weighted by Gasteiger charge is -2.11. The molecule has 76 valence electrons. The normalized spacial score (nSPS) is 9.93. The molecule has 0 saturated carbocycles. The molecule has 5 heteroatoms. The van der Waals surface area contributed by atoms with Crippen molar-refractivity contribution in [1.29, 1.82) is 0 Å². The van der Waals surface area contributed by atoms with Gasteiger partial charge in [0.15, 0.2) is 0 Å². The summed E-state index contributed by atoms with van der Waals surface area (Å²) in [5, 5.41) is 0. The summed E-state index contributed by atoms with van der Waals surface area (Å²) in [6.45, 7) is 1.84. The maximum atomic E-state index is 11.0. The Balaban J connectivity index is 3.48. The van der Waals surface area contributed by atoms with Gasteiger partial charge in [-0.05, 0) is 28.9 Å². The molecular formula is C9H11BrN2O2. The van der Waals surface area contributed by atoms with Crippen molar-refractivity contribution in [3.8, 4) is 5.75 Å². The van der Waals surface area contributed by atoms with Gasteiger partial charge in [0, 0.05) is 10.0 Å². The standard InChI is InChI=1S/C9H11BrN2O2/c1-4-6(14-2)3-5(9(12)13)8(11)7(4)10/h3H,11H2,1-2H3,(H2,12,13). The van der Waals surface area contributed by atoms with Crippen LogP contribution in [0.25, 0.3) is 0 Å². The van der Waals surface area contributed by atoms with E-state index in [1.165, 1.54) is 13.2 Å². The highest BCUT2D eigenvalue weighted by atomic mass is 79.9. The Morgan fingerprint density at radius 3 is 2.57 bits per heavy atom. The van der Waals surface area contributed by atoms with Crippen LogP contribution in [0.4, 0.5) is 5.69 Å². The number of amides is 1. The van der Waals surface area contributed by atoms with Crippen LogP contribution in [0.2, 0.25) is 0 Å². The Hall–Kier alpha value is -1.23. The third-order valence-electron chi connectivity index (χ3n) is 1.99. The number of hydrogen-bond donors (Lipinski definition) is 2. The first-order valence-corrected chi connectivity index (χ1v) is 4.70. The number of carbonyl (C=O) groups excluding carboxylic acids is 1. The molecule has 1 amide bonds. The smallest absolute Gasteiger partial charge is 0.250 e. The van der Waals surface area contributed by atoms with E-state index in [0.717, 1.165) is 5.56 Å². The van der Waals surface area contributed by atoms with Gasteiger partial charge in [-0.25, -0.2) is 0 Å². The van der Waals surface area contributed by atoms with Crippen LogP contribution < -0.4 is 16.2 Å². The number of carbonyl (C=O) groups is 1. The third-order valence-corrected chi connectivity index (χ3v) is 3.01. The highest BCUT2D eigenvalue weighted by Crippen LogP contribution is 2.33. The molecule has 0 bridgehead atoms. The second kappa shape index (κ2) is 3.88. The lowest BCUT2D eigenvalue weighted by atomic mass is 10.1. The Kier molecular flexibility index (Phi) is 3.00. The number of hydrogen-bond acceptors (Lipinski definition) is 3. The van der Waals surface area contributed by atoms with Gasteiger partial charge in [0.1, 0.15) is 5.75 Å². The Bertz CT molecular complexity index is 391. The molecule has 0 atom stereocenters. The average molecular weight is 259 g/mol. The number of nitrogens with two attached hydrogens (primary N) is 2. The number of methoxy groups -OCH3 is 1. The lowest BCUT2D eigenvalue weighted by molar-refractivity contribution is 0.100. The van der Waals surface area contributed by atoms with E-state index < -0.39 is 5.91 Å². The van der Waals surface area contributed by atoms with E-state index >= 15 is 0 Å². The Morgan fingerprint density at radius 1 is 1.57 bits per heavy atom. The number of rotatable bonds is 2. The van der Waals surface area contributed by atoms with E-state index in [2.05, 4.69) is 15.9 Å². The molecule has 14 heavy (non-hydrogen) atoms. The minimum Gasteiger partial charge on any atom is -0.496 e. The minimum atomic E-state index is -0.568. The van der Waals surface area contributed by atoms with Crippen LogP contribution in [0.3, 0.4) is 0 Å². The molecular weight excluding hydrogens is 248 g/mol. The van der Waals surface area contributed by atoms with E-state index in [9.17, 15) is 4.79 Å². The van der Waals surface area contributed by atoms with Gasteiger partial charge in [-0.15, -0.1) is 0 Å². The van der Waals surface area contributed by atoms with Gasteiger partial charge in [-0.1, -0.05) is 0 Å². The first-order chi connectivity index (χ1) is 6.49. The van der Waals surface area contributed by atoms with Gasteiger partial charge in [-0.2, -0.15) is 0 Å². The van der Waals surface area contributed by atoms with Crippen molar-refractivity contribution >= 4 is 27.5 Å². The number of nitrogen functional groups attached to an aromatic ring is 1. The van der Waals surface area contributed by atoms with Crippen molar-refractivity contribution in [2.45, 2.75) is 6.92 Å². The van der Waals surface area contributed by atoms with Gasteiger partial charge in [0.05, 0.1) is 18.4 Å². The summed E-state index contributed by atoms with van der Waals surface area (Å²) in [7, 11) is 1.52. The highest BCUT2D eigenvalue weighted by molar-refractivity contribution is 9.10. The summed E-state index contributed by atoms with van der Waals surface area (Å²) in [5.41, 5.74) is 12.3. The average Bonchev–Trinajstić information content (AvgIpc) is 2.14. The number of anilines is 1. The quantitative estimate of drug-likeness (QED) is 0.789. The van der Waals surface area contributed by atoms with Crippen LogP contribution in [-0.4, -0.2) is 13.0 Å². The third kappa shape index (κ3) is 1.68. The summed E-state index contributed by atoms with van der Waals surface area (Å²) in [5.74, 6) is 0.0152. The summed E-state index contributed by atoms with van der Waals surface area (Å²) in [6.07, 6.45) is 0. The maximum Gasteiger partial charge on any atom is 0.250 e. The molecule has 0 aliphatic rings. The van der Waals surface area contributed by atoms with E-state index in [1.54, 1.807) is 0 Å². The fourth-order valence-corrected chi connectivity index (χ4v) is 1.57. The van der Waals surface area contributed by atoms with Crippen LogP contribution in [0.5, 0.6) is 5.75 Å². The van der Waals surface area contributed by atoms with Crippen molar-refractivity contribution in [3.05, 3.63) is 21.7 Å². The molecule has 1 aromatic carbocycles. The summed E-state index contributed by atoms with van der Waals surface area (Å²) < 4.78 is 5.72. The van der Waals surface area contributed by atoms with Gasteiger partial charge >= 0.3 is 0 Å². The number of ether oxygens (including phenoxy) is 1. The molecule has 0 unspecified atom stereocenters. The predicted molar refractivity (Wildman–Crippen MR) is 58.4 cm³/mol. The zero-order valence-electron chi connectivity index (χ0n) is 7.93. The first-order valence-electron chi connectivity index (χ1n) is 3.91. The van der Waals surface area contributed by atoms with Crippen molar-refractivity contribution in [3.63, 3.8) is 0 Å². The SMILES string of the molecule is COc1cc(C(N)=O)c(N)c(Br)c1C. The van der Waals surface area contributed by atoms with E-state index in [-0.39, 0.29) is 5.56 Å². The summed E-state index contributed by atoms with van der Waals surface area (Å²) in [4.78, 5) is 11.0. The second-order valence-electron chi connectivity index (χ2n) is 2.84. The fraction of sp³-hybridized carbons (Fsp3) is 0.222. The first kappa shape index (κ1) is 10.8. The second-order valence-corrected chi connectivity index (χ2v) is 3.64. The number of halogens is 1. The van der Waals surface area contributed by atoms with Crippen LogP contribution in [-0.2, 0) is 0 Å². The van der Waals surface area contributed by atoms with Crippen molar-refractivity contribution in [1.82, 2.24) is 0 Å². The molecule has 4 N–H and O–H groups in total. The van der Waals surface area contributed by atoms with E-state index in [0.29, 0.717) is 15.9 Å². The lowest BCUT2D eigenvalue weighted by Crippen LogP contribution is -2.14. The Morgan fingerprint density at radius 2 is 2.14 bits per heavy atom. The Labute approximate surface area is 90.3 Å². The van der Waals surface area contributed by atoms with Crippen molar-refractivity contribution in [2.75, 3.05) is 12.8 Å². The maximum absolute atomic E-state index is 11.0. The number of benzene rings is 1. The van der Waals surface area contributed by atoms with Crippen LogP contribution >= 0.6 is 15.9 Å². The molecule has 0 aliphatic carbocycles. The van der Waals surface area contributed by atoms with Crippen LogP contribution in [0.1, 0.15) is 15.9 Å². The van der Waals surface area contributed by atoms with Gasteiger partial charge in [0.25, 0.3) is 5.91 Å². The van der Waals surface area contributed by atoms with Gasteiger partial charge in [0.2, 0.25) is 0 Å². The van der Waals surface area contributed by atoms with Crippen LogP contribution in [0.15, 0.2) is 10.5 Å². The van der Waals surface area contributed by atoms with Gasteiger partial charge in [-0.3, -0.25) is 4.79 Å². The predicted octanol–water partition coefficient (Wildman–Crippen LogP) is 1.45. The number of primary amides is 1. The monoisotopic (exact) mass is 258 g/mol.